The molecule has 6 heteroatoms. The van der Waals surface area contributed by atoms with Gasteiger partial charge in [0.25, 0.3) is 5.91 Å². The number of hydrogen-bond acceptors (Lipinski definition) is 4. The van der Waals surface area contributed by atoms with Crippen LogP contribution < -0.4 is 0 Å². The maximum absolute atomic E-state index is 12.5. The monoisotopic (exact) mass is 300 g/mol. The van der Waals surface area contributed by atoms with Crippen LogP contribution in [0.3, 0.4) is 0 Å². The molecule has 0 N–H and O–H groups in total. The van der Waals surface area contributed by atoms with Crippen molar-refractivity contribution in [1.82, 2.24) is 14.8 Å². The maximum atomic E-state index is 12.5. The summed E-state index contributed by atoms with van der Waals surface area (Å²) in [5.74, 6) is 0.0159. The number of carbonyl (C=O) groups is 2. The molecule has 1 aromatic carbocycles. The van der Waals surface area contributed by atoms with Gasteiger partial charge in [0, 0.05) is 38.8 Å². The van der Waals surface area contributed by atoms with Crippen LogP contribution in [0.5, 0.6) is 0 Å². The number of amides is 2. The van der Waals surface area contributed by atoms with E-state index in [1.54, 1.807) is 16.1 Å². The van der Waals surface area contributed by atoms with Gasteiger partial charge in [0.15, 0.2) is 0 Å². The van der Waals surface area contributed by atoms with Gasteiger partial charge >= 0.3 is 0 Å². The highest BCUT2D eigenvalue weighted by Gasteiger charge is 2.29. The fraction of sp³-hybridized carbons (Fsp3) is 0.438. The average molecular weight is 300 g/mol. The molecule has 2 heterocycles. The van der Waals surface area contributed by atoms with Gasteiger partial charge in [-0.2, -0.15) is 5.10 Å². The van der Waals surface area contributed by atoms with Crippen molar-refractivity contribution in [3.05, 3.63) is 35.9 Å². The second kappa shape index (κ2) is 6.70. The highest BCUT2D eigenvalue weighted by atomic mass is 16.2. The van der Waals surface area contributed by atoms with Crippen molar-refractivity contribution in [2.24, 2.45) is 5.10 Å². The molecule has 1 atom stereocenters. The van der Waals surface area contributed by atoms with E-state index in [0.717, 1.165) is 31.5 Å². The Kier molecular flexibility index (Phi) is 4.48. The van der Waals surface area contributed by atoms with Crippen molar-refractivity contribution in [3.63, 3.8) is 0 Å². The molecule has 1 saturated heterocycles. The Labute approximate surface area is 130 Å². The fourth-order valence-corrected chi connectivity index (χ4v) is 2.90. The smallest absolute Gasteiger partial charge is 0.257 e. The Morgan fingerprint density at radius 1 is 1.18 bits per heavy atom. The first-order valence-corrected chi connectivity index (χ1v) is 7.59. The molecular weight excluding hydrogens is 280 g/mol. The molecule has 22 heavy (non-hydrogen) atoms. The van der Waals surface area contributed by atoms with Crippen LogP contribution in [-0.2, 0) is 9.59 Å². The van der Waals surface area contributed by atoms with Crippen molar-refractivity contribution in [1.29, 1.82) is 0 Å². The zero-order valence-corrected chi connectivity index (χ0v) is 12.5. The standard InChI is InChI=1S/C16H20N4O2/c21-13-19-10-8-18(9-11-19)12-16(22)20-15(6-7-17-20)14-4-2-1-3-5-14/h1-5,7,13,15H,6,8-12H2. The fourth-order valence-electron chi connectivity index (χ4n) is 2.90. The molecule has 1 fully saturated rings. The third kappa shape index (κ3) is 3.17. The Balaban J connectivity index is 1.60. The summed E-state index contributed by atoms with van der Waals surface area (Å²) in [6.45, 7) is 3.19. The van der Waals surface area contributed by atoms with E-state index in [0.29, 0.717) is 19.6 Å². The summed E-state index contributed by atoms with van der Waals surface area (Å²) < 4.78 is 0. The largest absolute Gasteiger partial charge is 0.343 e. The van der Waals surface area contributed by atoms with Crippen LogP contribution in [0, 0.1) is 0 Å². The third-order valence-electron chi connectivity index (χ3n) is 4.18. The van der Waals surface area contributed by atoms with Crippen LogP contribution in [0.4, 0.5) is 0 Å². The van der Waals surface area contributed by atoms with Gasteiger partial charge in [-0.25, -0.2) is 5.01 Å². The number of rotatable bonds is 4. The summed E-state index contributed by atoms with van der Waals surface area (Å²) in [6, 6.07) is 10.00. The second-order valence-electron chi connectivity index (χ2n) is 5.62. The lowest BCUT2D eigenvalue weighted by Crippen LogP contribution is -2.49. The van der Waals surface area contributed by atoms with Gasteiger partial charge in [-0.1, -0.05) is 30.3 Å². The number of piperazine rings is 1. The Hall–Kier alpha value is -2.21. The van der Waals surface area contributed by atoms with Gasteiger partial charge in [-0.05, 0) is 5.56 Å². The summed E-state index contributed by atoms with van der Waals surface area (Å²) in [6.07, 6.45) is 3.43. The first-order chi connectivity index (χ1) is 10.8. The topological polar surface area (TPSA) is 56.2 Å². The van der Waals surface area contributed by atoms with E-state index >= 15 is 0 Å². The molecule has 1 aromatic rings. The minimum atomic E-state index is 0.00460. The maximum Gasteiger partial charge on any atom is 0.257 e. The van der Waals surface area contributed by atoms with Crippen molar-refractivity contribution < 1.29 is 9.59 Å². The van der Waals surface area contributed by atoms with Gasteiger partial charge in [-0.3, -0.25) is 14.5 Å². The van der Waals surface area contributed by atoms with Gasteiger partial charge in [0.1, 0.15) is 0 Å². The quantitative estimate of drug-likeness (QED) is 0.770. The van der Waals surface area contributed by atoms with Crippen LogP contribution in [-0.4, -0.2) is 66.1 Å². The van der Waals surface area contributed by atoms with E-state index in [2.05, 4.69) is 10.0 Å². The van der Waals surface area contributed by atoms with Crippen LogP contribution in [0.1, 0.15) is 18.0 Å². The van der Waals surface area contributed by atoms with E-state index in [1.165, 1.54) is 0 Å². The predicted molar refractivity (Wildman–Crippen MR) is 83.2 cm³/mol. The lowest BCUT2D eigenvalue weighted by Gasteiger charge is -2.33. The van der Waals surface area contributed by atoms with Gasteiger partial charge in [0.05, 0.1) is 12.6 Å². The molecule has 2 aliphatic rings. The molecule has 0 bridgehead atoms. The Bertz CT molecular complexity index is 553. The predicted octanol–water partition coefficient (Wildman–Crippen LogP) is 0.720. The third-order valence-corrected chi connectivity index (χ3v) is 4.18. The molecule has 3 rings (SSSR count). The molecule has 0 spiro atoms. The Morgan fingerprint density at radius 2 is 1.91 bits per heavy atom. The van der Waals surface area contributed by atoms with E-state index in [9.17, 15) is 9.59 Å². The summed E-state index contributed by atoms with van der Waals surface area (Å²) >= 11 is 0. The lowest BCUT2D eigenvalue weighted by molar-refractivity contribution is -0.134. The highest BCUT2D eigenvalue weighted by molar-refractivity contribution is 5.81. The minimum Gasteiger partial charge on any atom is -0.343 e. The van der Waals surface area contributed by atoms with Crippen LogP contribution in [0.2, 0.25) is 0 Å². The zero-order valence-electron chi connectivity index (χ0n) is 12.5. The summed E-state index contributed by atoms with van der Waals surface area (Å²) in [7, 11) is 0. The summed E-state index contributed by atoms with van der Waals surface area (Å²) in [4.78, 5) is 27.1. The molecule has 2 aliphatic heterocycles. The van der Waals surface area contributed by atoms with Crippen molar-refractivity contribution in [3.8, 4) is 0 Å². The van der Waals surface area contributed by atoms with Crippen LogP contribution >= 0.6 is 0 Å². The zero-order chi connectivity index (χ0) is 15.4. The van der Waals surface area contributed by atoms with Crippen molar-refractivity contribution >= 4 is 18.5 Å². The molecule has 0 aliphatic carbocycles. The summed E-state index contributed by atoms with van der Waals surface area (Å²) in [5, 5.41) is 5.85. The number of hydrazone groups is 1. The molecule has 0 saturated carbocycles. The number of nitrogens with zero attached hydrogens (tertiary/aromatic N) is 4. The molecular formula is C16H20N4O2. The van der Waals surface area contributed by atoms with Gasteiger partial charge in [0.2, 0.25) is 6.41 Å². The number of benzene rings is 1. The van der Waals surface area contributed by atoms with E-state index < -0.39 is 0 Å². The second-order valence-corrected chi connectivity index (χ2v) is 5.62. The number of carbonyl (C=O) groups excluding carboxylic acids is 2. The highest BCUT2D eigenvalue weighted by Crippen LogP contribution is 2.27. The Morgan fingerprint density at radius 3 is 2.59 bits per heavy atom. The van der Waals surface area contributed by atoms with Crippen molar-refractivity contribution in [2.75, 3.05) is 32.7 Å². The molecule has 6 nitrogen and oxygen atoms in total. The van der Waals surface area contributed by atoms with E-state index in [-0.39, 0.29) is 11.9 Å². The first-order valence-electron chi connectivity index (χ1n) is 7.59. The SMILES string of the molecule is O=CN1CCN(CC(=O)N2N=CCC2c2ccccc2)CC1. The minimum absolute atomic E-state index is 0.00460. The van der Waals surface area contributed by atoms with E-state index in [1.807, 2.05) is 30.3 Å². The van der Waals surface area contributed by atoms with Gasteiger partial charge < -0.3 is 4.90 Å². The molecule has 1 unspecified atom stereocenters. The normalized spacial score (nSPS) is 22.1. The average Bonchev–Trinajstić information content (AvgIpc) is 3.06. The van der Waals surface area contributed by atoms with E-state index in [4.69, 9.17) is 0 Å². The molecule has 0 radical (unpaired) electrons. The molecule has 0 aromatic heterocycles. The van der Waals surface area contributed by atoms with Crippen molar-refractivity contribution in [2.45, 2.75) is 12.5 Å². The number of hydrogen-bond donors (Lipinski definition) is 0. The van der Waals surface area contributed by atoms with Gasteiger partial charge in [-0.15, -0.1) is 0 Å². The van der Waals surface area contributed by atoms with Crippen LogP contribution in [0.25, 0.3) is 0 Å². The van der Waals surface area contributed by atoms with Crippen LogP contribution in [0.15, 0.2) is 35.4 Å². The lowest BCUT2D eigenvalue weighted by atomic mass is 10.0. The first kappa shape index (κ1) is 14.7. The molecule has 116 valence electrons. The summed E-state index contributed by atoms with van der Waals surface area (Å²) in [5.41, 5.74) is 1.11. The molecule has 2 amide bonds.